The molecule has 0 spiro atoms. The van der Waals surface area contributed by atoms with Crippen LogP contribution < -0.4 is 0 Å². The summed E-state index contributed by atoms with van der Waals surface area (Å²) in [5.41, 5.74) is 8.45. The van der Waals surface area contributed by atoms with E-state index in [1.54, 1.807) is 17.3 Å². The van der Waals surface area contributed by atoms with Crippen LogP contribution in [-0.4, -0.2) is 32.8 Å². The molecule has 1 N–H and O–H groups in total. The van der Waals surface area contributed by atoms with Crippen molar-refractivity contribution in [3.63, 3.8) is 0 Å². The number of nitrogens with one attached hydrogen (secondary N) is 1. The average Bonchev–Trinajstić information content (AvgIpc) is 2.97. The summed E-state index contributed by atoms with van der Waals surface area (Å²) in [5, 5.41) is 1.15. The van der Waals surface area contributed by atoms with Crippen LogP contribution in [0.15, 0.2) is 42.7 Å². The minimum Gasteiger partial charge on any atom is -0.358 e. The lowest BCUT2D eigenvalue weighted by molar-refractivity contribution is -0.129. The first-order valence-electron chi connectivity index (χ1n) is 9.44. The van der Waals surface area contributed by atoms with Crippen LogP contribution in [0.3, 0.4) is 0 Å². The normalized spacial score (nSPS) is 11.3. The number of likely N-dealkylation sites (N-methyl/N-ethyl adjacent to an activating group) is 1. The fourth-order valence-electron chi connectivity index (χ4n) is 3.82. The van der Waals surface area contributed by atoms with Gasteiger partial charge >= 0.3 is 0 Å². The molecule has 28 heavy (non-hydrogen) atoms. The largest absolute Gasteiger partial charge is 0.358 e. The van der Waals surface area contributed by atoms with Gasteiger partial charge in [-0.2, -0.15) is 0 Å². The Hall–Kier alpha value is -3.21. The van der Waals surface area contributed by atoms with Crippen LogP contribution in [0, 0.1) is 20.8 Å². The monoisotopic (exact) mass is 372 g/mol. The number of carbonyl (C=O) groups is 1. The highest BCUT2D eigenvalue weighted by Gasteiger charge is 2.17. The summed E-state index contributed by atoms with van der Waals surface area (Å²) < 4.78 is 0. The number of benzene rings is 2. The van der Waals surface area contributed by atoms with Crippen molar-refractivity contribution in [3.8, 4) is 0 Å². The molecule has 0 aliphatic heterocycles. The van der Waals surface area contributed by atoms with Gasteiger partial charge in [0.1, 0.15) is 0 Å². The maximum absolute atomic E-state index is 12.9. The van der Waals surface area contributed by atoms with Crippen molar-refractivity contribution < 1.29 is 4.79 Å². The van der Waals surface area contributed by atoms with Crippen molar-refractivity contribution in [1.29, 1.82) is 0 Å². The minimum atomic E-state index is 0.0994. The molecular formula is C23H24N4O. The zero-order valence-corrected chi connectivity index (χ0v) is 16.7. The van der Waals surface area contributed by atoms with Gasteiger partial charge in [0.25, 0.3) is 0 Å². The third-order valence-electron chi connectivity index (χ3n) is 5.28. The van der Waals surface area contributed by atoms with Gasteiger partial charge in [0.2, 0.25) is 5.91 Å². The molecule has 0 aliphatic carbocycles. The third-order valence-corrected chi connectivity index (χ3v) is 5.28. The van der Waals surface area contributed by atoms with Crippen molar-refractivity contribution >= 4 is 27.8 Å². The van der Waals surface area contributed by atoms with Crippen LogP contribution in [-0.2, 0) is 17.8 Å². The van der Waals surface area contributed by atoms with Crippen molar-refractivity contribution in [2.45, 2.75) is 33.7 Å². The van der Waals surface area contributed by atoms with Gasteiger partial charge < -0.3 is 9.88 Å². The molecule has 0 bridgehead atoms. The first kappa shape index (κ1) is 18.2. The van der Waals surface area contributed by atoms with Gasteiger partial charge in [0.15, 0.2) is 0 Å². The van der Waals surface area contributed by atoms with E-state index in [0.717, 1.165) is 38.8 Å². The summed E-state index contributed by atoms with van der Waals surface area (Å²) in [6, 6.07) is 10.3. The summed E-state index contributed by atoms with van der Waals surface area (Å²) in [6.07, 6.45) is 3.76. The average molecular weight is 372 g/mol. The quantitative estimate of drug-likeness (QED) is 0.583. The number of carbonyl (C=O) groups excluding carboxylic acids is 1. The van der Waals surface area contributed by atoms with Crippen molar-refractivity contribution in [3.05, 3.63) is 70.7 Å². The summed E-state index contributed by atoms with van der Waals surface area (Å²) in [5.74, 6) is 0.0994. The number of hydrogen-bond acceptors (Lipinski definition) is 3. The fraction of sp³-hybridized carbons (Fsp3) is 0.261. The zero-order chi connectivity index (χ0) is 19.8. The van der Waals surface area contributed by atoms with E-state index in [-0.39, 0.29) is 5.91 Å². The lowest BCUT2D eigenvalue weighted by atomic mass is 10.0. The molecule has 142 valence electrons. The van der Waals surface area contributed by atoms with Crippen LogP contribution in [0.1, 0.15) is 27.9 Å². The molecule has 2 aromatic heterocycles. The Balaban J connectivity index is 1.56. The second kappa shape index (κ2) is 7.08. The highest BCUT2D eigenvalue weighted by atomic mass is 16.2. The lowest BCUT2D eigenvalue weighted by Crippen LogP contribution is -2.27. The minimum absolute atomic E-state index is 0.0994. The van der Waals surface area contributed by atoms with Crippen molar-refractivity contribution in [2.75, 3.05) is 7.05 Å². The van der Waals surface area contributed by atoms with E-state index in [2.05, 4.69) is 40.9 Å². The van der Waals surface area contributed by atoms with Crippen LogP contribution in [0.25, 0.3) is 21.9 Å². The Morgan fingerprint density at radius 2 is 1.79 bits per heavy atom. The Labute approximate surface area is 164 Å². The number of amides is 1. The van der Waals surface area contributed by atoms with Crippen molar-refractivity contribution in [2.24, 2.45) is 0 Å². The van der Waals surface area contributed by atoms with E-state index in [0.29, 0.717) is 13.0 Å². The maximum Gasteiger partial charge on any atom is 0.227 e. The standard InChI is InChI=1S/C23H24N4O/c1-14-9-15(2)23-19(10-14)18(16(3)26-23)12-22(28)27(4)13-17-5-6-20-21(11-17)25-8-7-24-20/h5-11,26H,12-13H2,1-4H3. The Bertz CT molecular complexity index is 1190. The first-order chi connectivity index (χ1) is 13.4. The molecule has 0 unspecified atom stereocenters. The molecule has 5 nitrogen and oxygen atoms in total. The number of aromatic amines is 1. The molecule has 0 saturated carbocycles. The van der Waals surface area contributed by atoms with E-state index < -0.39 is 0 Å². The van der Waals surface area contributed by atoms with E-state index in [4.69, 9.17) is 0 Å². The molecule has 4 rings (SSSR count). The molecule has 0 aliphatic rings. The van der Waals surface area contributed by atoms with Crippen molar-refractivity contribution in [1.82, 2.24) is 19.9 Å². The molecule has 0 radical (unpaired) electrons. The number of nitrogens with zero attached hydrogens (tertiary/aromatic N) is 3. The molecule has 0 fully saturated rings. The Kier molecular flexibility index (Phi) is 4.59. The number of rotatable bonds is 4. The molecule has 4 aromatic rings. The van der Waals surface area contributed by atoms with Gasteiger partial charge in [-0.05, 0) is 55.7 Å². The van der Waals surface area contributed by atoms with Gasteiger partial charge in [0, 0.05) is 42.6 Å². The number of H-pyrrole nitrogens is 1. The SMILES string of the molecule is Cc1cc(C)c2[nH]c(C)c(CC(=O)N(C)Cc3ccc4nccnc4c3)c2c1. The second-order valence-electron chi connectivity index (χ2n) is 7.54. The summed E-state index contributed by atoms with van der Waals surface area (Å²) in [4.78, 5) is 26.8. The van der Waals surface area contributed by atoms with Crippen LogP contribution in [0.4, 0.5) is 0 Å². The highest BCUT2D eigenvalue weighted by Crippen LogP contribution is 2.27. The van der Waals surface area contributed by atoms with E-state index in [1.165, 1.54) is 11.1 Å². The summed E-state index contributed by atoms with van der Waals surface area (Å²) in [6.45, 7) is 6.78. The molecule has 2 aromatic carbocycles. The third kappa shape index (κ3) is 3.36. The second-order valence-corrected chi connectivity index (χ2v) is 7.54. The number of aromatic nitrogens is 3. The Morgan fingerprint density at radius 3 is 2.57 bits per heavy atom. The molecule has 5 heteroatoms. The topological polar surface area (TPSA) is 61.9 Å². The van der Waals surface area contributed by atoms with Gasteiger partial charge in [-0.15, -0.1) is 0 Å². The lowest BCUT2D eigenvalue weighted by Gasteiger charge is -2.18. The van der Waals surface area contributed by atoms with E-state index in [9.17, 15) is 4.79 Å². The van der Waals surface area contributed by atoms with Gasteiger partial charge in [-0.1, -0.05) is 17.7 Å². The molecule has 0 atom stereocenters. The predicted octanol–water partition coefficient (Wildman–Crippen LogP) is 4.24. The number of hydrogen-bond donors (Lipinski definition) is 1. The van der Waals surface area contributed by atoms with Gasteiger partial charge in [-0.25, -0.2) is 0 Å². The van der Waals surface area contributed by atoms with Crippen LogP contribution >= 0.6 is 0 Å². The molecule has 0 saturated heterocycles. The number of fused-ring (bicyclic) bond motifs is 2. The molecule has 1 amide bonds. The van der Waals surface area contributed by atoms with E-state index in [1.807, 2.05) is 32.2 Å². The van der Waals surface area contributed by atoms with Crippen LogP contribution in [0.5, 0.6) is 0 Å². The van der Waals surface area contributed by atoms with Gasteiger partial charge in [-0.3, -0.25) is 14.8 Å². The summed E-state index contributed by atoms with van der Waals surface area (Å²) in [7, 11) is 1.85. The summed E-state index contributed by atoms with van der Waals surface area (Å²) >= 11 is 0. The smallest absolute Gasteiger partial charge is 0.227 e. The first-order valence-corrected chi connectivity index (χ1v) is 9.44. The predicted molar refractivity (Wildman–Crippen MR) is 112 cm³/mol. The van der Waals surface area contributed by atoms with E-state index >= 15 is 0 Å². The maximum atomic E-state index is 12.9. The van der Waals surface area contributed by atoms with Gasteiger partial charge in [0.05, 0.1) is 17.5 Å². The Morgan fingerprint density at radius 1 is 1.04 bits per heavy atom. The van der Waals surface area contributed by atoms with Crippen LogP contribution in [0.2, 0.25) is 0 Å². The zero-order valence-electron chi connectivity index (χ0n) is 16.7. The molecule has 2 heterocycles. The molecular weight excluding hydrogens is 348 g/mol. The number of aryl methyl sites for hydroxylation is 3. The highest BCUT2D eigenvalue weighted by molar-refractivity contribution is 5.92. The fourth-order valence-corrected chi connectivity index (χ4v) is 3.82.